The van der Waals surface area contributed by atoms with Crippen LogP contribution in [0.25, 0.3) is 0 Å². The van der Waals surface area contributed by atoms with Crippen molar-refractivity contribution >= 4 is 11.6 Å². The van der Waals surface area contributed by atoms with Crippen molar-refractivity contribution in [1.29, 1.82) is 0 Å². The molecule has 0 aromatic rings. The van der Waals surface area contributed by atoms with Crippen LogP contribution in [-0.2, 0) is 9.59 Å². The number of ketones is 2. The van der Waals surface area contributed by atoms with Crippen LogP contribution in [0.3, 0.4) is 0 Å². The van der Waals surface area contributed by atoms with Gasteiger partial charge in [-0.3, -0.25) is 9.59 Å². The number of rotatable bonds is 13. The Hall–Kier alpha value is -1.30. The molecule has 0 spiro atoms. The van der Waals surface area contributed by atoms with E-state index in [9.17, 15) is 19.8 Å². The molecule has 5 heteroatoms. The molecule has 27 heavy (non-hydrogen) atoms. The summed E-state index contributed by atoms with van der Waals surface area (Å²) >= 11 is 0. The van der Waals surface area contributed by atoms with E-state index >= 15 is 0 Å². The number of unbranched alkanes of at least 4 members (excludes halogenated alkanes) is 3. The molecule has 1 aliphatic carbocycles. The molecule has 0 aliphatic heterocycles. The second kappa shape index (κ2) is 12.2. The number of aliphatic hydroxyl groups is 3. The fourth-order valence-electron chi connectivity index (χ4n) is 3.46. The van der Waals surface area contributed by atoms with Crippen LogP contribution < -0.4 is 0 Å². The Morgan fingerprint density at radius 2 is 1.96 bits per heavy atom. The molecule has 5 nitrogen and oxygen atoms in total. The van der Waals surface area contributed by atoms with Crippen molar-refractivity contribution in [3.63, 3.8) is 0 Å². The summed E-state index contributed by atoms with van der Waals surface area (Å²) in [7, 11) is 0. The first-order chi connectivity index (χ1) is 12.8. The summed E-state index contributed by atoms with van der Waals surface area (Å²) in [5, 5.41) is 29.2. The van der Waals surface area contributed by atoms with Crippen molar-refractivity contribution < 1.29 is 24.9 Å². The van der Waals surface area contributed by atoms with Gasteiger partial charge >= 0.3 is 0 Å². The number of aliphatic hydroxyl groups excluding tert-OH is 2. The lowest BCUT2D eigenvalue weighted by Gasteiger charge is -2.22. The Morgan fingerprint density at radius 3 is 2.63 bits per heavy atom. The lowest BCUT2D eigenvalue weighted by atomic mass is 9.90. The second-order valence-corrected chi connectivity index (χ2v) is 7.94. The van der Waals surface area contributed by atoms with E-state index < -0.39 is 18.3 Å². The largest absolute Gasteiger partial charge is 0.392 e. The first kappa shape index (κ1) is 23.7. The van der Waals surface area contributed by atoms with Crippen molar-refractivity contribution in [2.24, 2.45) is 11.8 Å². The van der Waals surface area contributed by atoms with E-state index in [1.165, 1.54) is 0 Å². The normalized spacial score (nSPS) is 25.5. The monoisotopic (exact) mass is 380 g/mol. The van der Waals surface area contributed by atoms with Crippen LogP contribution in [0.2, 0.25) is 0 Å². The minimum atomic E-state index is -0.753. The van der Waals surface area contributed by atoms with Crippen molar-refractivity contribution in [3.8, 4) is 0 Å². The van der Waals surface area contributed by atoms with Crippen LogP contribution in [0, 0.1) is 11.8 Å². The van der Waals surface area contributed by atoms with E-state index in [0.29, 0.717) is 12.8 Å². The molecule has 0 heterocycles. The lowest BCUT2D eigenvalue weighted by molar-refractivity contribution is -0.122. The highest BCUT2D eigenvalue weighted by Crippen LogP contribution is 2.32. The lowest BCUT2D eigenvalue weighted by Crippen LogP contribution is -2.23. The third-order valence-electron chi connectivity index (χ3n) is 5.22. The van der Waals surface area contributed by atoms with Crippen LogP contribution in [0.4, 0.5) is 0 Å². The van der Waals surface area contributed by atoms with Crippen molar-refractivity contribution in [2.45, 2.75) is 83.3 Å². The standard InChI is InChI=1S/C22H36O5/c1-3-4-13-22(2,27)14-9-12-19-18(20(25)15-21(19)26)11-8-6-5-7-10-17(24)16-23/h8-9,11-12,18-19,21,23,26-27H,3-7,10,13-16H2,1-2H3/b11-8+,12-9+/t18-,19-,21-,22?/m1/s1. The van der Waals surface area contributed by atoms with E-state index in [4.69, 9.17) is 5.11 Å². The summed E-state index contributed by atoms with van der Waals surface area (Å²) < 4.78 is 0. The highest BCUT2D eigenvalue weighted by atomic mass is 16.3. The topological polar surface area (TPSA) is 94.8 Å². The van der Waals surface area contributed by atoms with Gasteiger partial charge in [-0.15, -0.1) is 0 Å². The highest BCUT2D eigenvalue weighted by Gasteiger charge is 2.38. The van der Waals surface area contributed by atoms with Gasteiger partial charge in [0.15, 0.2) is 5.78 Å². The summed E-state index contributed by atoms with van der Waals surface area (Å²) in [6.45, 7) is 3.51. The summed E-state index contributed by atoms with van der Waals surface area (Å²) in [4.78, 5) is 23.2. The maximum absolute atomic E-state index is 12.2. The summed E-state index contributed by atoms with van der Waals surface area (Å²) in [6, 6.07) is 0. The Morgan fingerprint density at radius 1 is 1.22 bits per heavy atom. The van der Waals surface area contributed by atoms with Crippen LogP contribution in [0.15, 0.2) is 24.3 Å². The fourth-order valence-corrected chi connectivity index (χ4v) is 3.46. The number of carbonyl (C=O) groups is 2. The summed E-state index contributed by atoms with van der Waals surface area (Å²) in [6.07, 6.45) is 13.0. The zero-order valence-corrected chi connectivity index (χ0v) is 16.8. The zero-order valence-electron chi connectivity index (χ0n) is 16.8. The molecule has 3 N–H and O–H groups in total. The van der Waals surface area contributed by atoms with Gasteiger partial charge in [-0.1, -0.05) is 44.1 Å². The molecule has 1 fully saturated rings. The van der Waals surface area contributed by atoms with Gasteiger partial charge in [0.1, 0.15) is 12.4 Å². The molecule has 0 saturated heterocycles. The molecule has 0 amide bonds. The van der Waals surface area contributed by atoms with Gasteiger partial charge in [-0.25, -0.2) is 0 Å². The van der Waals surface area contributed by atoms with Gasteiger partial charge in [0, 0.05) is 24.7 Å². The Kier molecular flexibility index (Phi) is 10.7. The second-order valence-electron chi connectivity index (χ2n) is 7.94. The number of allylic oxidation sites excluding steroid dienone is 2. The smallest absolute Gasteiger partial charge is 0.158 e. The minimum absolute atomic E-state index is 0.0431. The van der Waals surface area contributed by atoms with Crippen LogP contribution >= 0.6 is 0 Å². The maximum atomic E-state index is 12.2. The molecule has 1 rings (SSSR count). The van der Waals surface area contributed by atoms with Crippen molar-refractivity contribution in [1.82, 2.24) is 0 Å². The van der Waals surface area contributed by atoms with Crippen LogP contribution in [0.5, 0.6) is 0 Å². The molecule has 0 aromatic carbocycles. The predicted molar refractivity (Wildman–Crippen MR) is 106 cm³/mol. The van der Waals surface area contributed by atoms with E-state index in [1.807, 2.05) is 31.2 Å². The van der Waals surface area contributed by atoms with E-state index in [1.54, 1.807) is 0 Å². The Bertz CT molecular complexity index is 521. The number of hydrogen-bond donors (Lipinski definition) is 3. The van der Waals surface area contributed by atoms with Crippen LogP contribution in [0.1, 0.15) is 71.6 Å². The Labute approximate surface area is 163 Å². The molecular formula is C22H36O5. The van der Waals surface area contributed by atoms with Gasteiger partial charge in [0.05, 0.1) is 11.7 Å². The first-order valence-corrected chi connectivity index (χ1v) is 10.2. The molecular weight excluding hydrogens is 344 g/mol. The van der Waals surface area contributed by atoms with E-state index in [-0.39, 0.29) is 29.8 Å². The predicted octanol–water partition coefficient (Wildman–Crippen LogP) is 3.12. The molecule has 154 valence electrons. The van der Waals surface area contributed by atoms with Gasteiger partial charge in [-0.2, -0.15) is 0 Å². The van der Waals surface area contributed by atoms with Crippen molar-refractivity contribution in [2.75, 3.05) is 6.61 Å². The minimum Gasteiger partial charge on any atom is -0.392 e. The third-order valence-corrected chi connectivity index (χ3v) is 5.22. The number of hydrogen-bond acceptors (Lipinski definition) is 5. The summed E-state index contributed by atoms with van der Waals surface area (Å²) in [5.74, 6) is -0.669. The zero-order chi connectivity index (χ0) is 20.3. The van der Waals surface area contributed by atoms with Crippen molar-refractivity contribution in [3.05, 3.63) is 24.3 Å². The van der Waals surface area contributed by atoms with Gasteiger partial charge < -0.3 is 15.3 Å². The van der Waals surface area contributed by atoms with Gasteiger partial charge in [0.25, 0.3) is 0 Å². The molecule has 4 atom stereocenters. The fraction of sp³-hybridized carbons (Fsp3) is 0.727. The number of Topliss-reactive ketones (excluding diaryl/α,β-unsaturated/α-hetero) is 2. The van der Waals surface area contributed by atoms with Gasteiger partial charge in [0.2, 0.25) is 0 Å². The van der Waals surface area contributed by atoms with Crippen LogP contribution in [-0.4, -0.2) is 45.2 Å². The molecule has 1 saturated carbocycles. The SMILES string of the molecule is CCCCC(C)(O)C/C=C/[C@H]1[C@H](O)CC(=O)[C@@H]1/C=C/CCCCC(=O)CO. The van der Waals surface area contributed by atoms with E-state index in [2.05, 4.69) is 6.92 Å². The van der Waals surface area contributed by atoms with E-state index in [0.717, 1.165) is 38.5 Å². The molecule has 0 bridgehead atoms. The molecule has 0 radical (unpaired) electrons. The maximum Gasteiger partial charge on any atom is 0.158 e. The molecule has 1 unspecified atom stereocenters. The summed E-state index contributed by atoms with van der Waals surface area (Å²) in [5.41, 5.74) is -0.753. The number of carbonyl (C=O) groups excluding carboxylic acids is 2. The first-order valence-electron chi connectivity index (χ1n) is 10.2. The third kappa shape index (κ3) is 8.96. The highest BCUT2D eigenvalue weighted by molar-refractivity contribution is 5.86. The average Bonchev–Trinajstić information content (AvgIpc) is 2.89. The Balaban J connectivity index is 2.51. The average molecular weight is 381 g/mol. The molecule has 0 aromatic heterocycles. The molecule has 1 aliphatic rings. The quantitative estimate of drug-likeness (QED) is 0.337. The van der Waals surface area contributed by atoms with Gasteiger partial charge in [-0.05, 0) is 39.0 Å².